The molecular weight excluding hydrogens is 350 g/mol. The standard InChI is InChI=1S/C20H18BrNO/c1-3-23-17-12-19(15-8-10-16(21)11-9-15)22-20(13-17)18-7-5-4-6-14(18)2/h4-13H,3H2,1-2H3. The number of hydrogen-bond donors (Lipinski definition) is 0. The first-order chi connectivity index (χ1) is 11.2. The number of aryl methyl sites for hydroxylation is 1. The number of ether oxygens (including phenoxy) is 1. The molecule has 0 saturated carbocycles. The van der Waals surface area contributed by atoms with Crippen molar-refractivity contribution in [3.8, 4) is 28.3 Å². The van der Waals surface area contributed by atoms with Crippen molar-refractivity contribution in [2.75, 3.05) is 6.61 Å². The summed E-state index contributed by atoms with van der Waals surface area (Å²) in [6.07, 6.45) is 0. The summed E-state index contributed by atoms with van der Waals surface area (Å²) in [5.74, 6) is 0.846. The van der Waals surface area contributed by atoms with Gasteiger partial charge < -0.3 is 4.74 Å². The molecule has 3 aromatic rings. The van der Waals surface area contributed by atoms with Crippen LogP contribution >= 0.6 is 15.9 Å². The molecule has 116 valence electrons. The highest BCUT2D eigenvalue weighted by Crippen LogP contribution is 2.30. The third-order valence-corrected chi connectivity index (χ3v) is 4.20. The lowest BCUT2D eigenvalue weighted by molar-refractivity contribution is 0.340. The van der Waals surface area contributed by atoms with Gasteiger partial charge in [0.15, 0.2) is 0 Å². The zero-order valence-corrected chi connectivity index (χ0v) is 14.8. The third-order valence-electron chi connectivity index (χ3n) is 3.67. The molecule has 0 atom stereocenters. The first-order valence-corrected chi connectivity index (χ1v) is 8.43. The lowest BCUT2D eigenvalue weighted by Gasteiger charge is -2.11. The molecule has 0 bridgehead atoms. The van der Waals surface area contributed by atoms with E-state index in [4.69, 9.17) is 9.72 Å². The van der Waals surface area contributed by atoms with E-state index in [1.54, 1.807) is 0 Å². The minimum atomic E-state index is 0.636. The first-order valence-electron chi connectivity index (χ1n) is 7.64. The van der Waals surface area contributed by atoms with Gasteiger partial charge in [-0.1, -0.05) is 52.3 Å². The molecular formula is C20H18BrNO. The van der Waals surface area contributed by atoms with Crippen LogP contribution in [0.15, 0.2) is 65.1 Å². The van der Waals surface area contributed by atoms with Crippen LogP contribution in [0, 0.1) is 6.92 Å². The van der Waals surface area contributed by atoms with E-state index in [0.717, 1.165) is 32.7 Å². The summed E-state index contributed by atoms with van der Waals surface area (Å²) < 4.78 is 6.80. The molecule has 0 N–H and O–H groups in total. The highest BCUT2D eigenvalue weighted by molar-refractivity contribution is 9.10. The third kappa shape index (κ3) is 3.62. The van der Waals surface area contributed by atoms with Crippen molar-refractivity contribution in [3.63, 3.8) is 0 Å². The zero-order chi connectivity index (χ0) is 16.2. The molecule has 0 saturated heterocycles. The minimum absolute atomic E-state index is 0.636. The molecule has 0 amide bonds. The largest absolute Gasteiger partial charge is 0.494 e. The number of halogens is 1. The Bertz CT molecular complexity index is 812. The summed E-state index contributed by atoms with van der Waals surface area (Å²) >= 11 is 3.47. The van der Waals surface area contributed by atoms with Gasteiger partial charge in [0.25, 0.3) is 0 Å². The number of rotatable bonds is 4. The molecule has 2 aromatic carbocycles. The Morgan fingerprint density at radius 3 is 2.35 bits per heavy atom. The summed E-state index contributed by atoms with van der Waals surface area (Å²) in [7, 11) is 0. The lowest BCUT2D eigenvalue weighted by Crippen LogP contribution is -1.96. The molecule has 0 fully saturated rings. The summed E-state index contributed by atoms with van der Waals surface area (Å²) in [6.45, 7) is 4.73. The Balaban J connectivity index is 2.13. The Morgan fingerprint density at radius 1 is 0.957 bits per heavy atom. The second kappa shape index (κ2) is 6.97. The van der Waals surface area contributed by atoms with Crippen molar-refractivity contribution < 1.29 is 4.74 Å². The van der Waals surface area contributed by atoms with E-state index in [-0.39, 0.29) is 0 Å². The summed E-state index contributed by atoms with van der Waals surface area (Å²) in [5.41, 5.74) is 5.26. The maximum Gasteiger partial charge on any atom is 0.123 e. The van der Waals surface area contributed by atoms with Gasteiger partial charge in [0.1, 0.15) is 5.75 Å². The minimum Gasteiger partial charge on any atom is -0.494 e. The fraction of sp³-hybridized carbons (Fsp3) is 0.150. The highest BCUT2D eigenvalue weighted by Gasteiger charge is 2.09. The van der Waals surface area contributed by atoms with Gasteiger partial charge in [0, 0.05) is 27.7 Å². The van der Waals surface area contributed by atoms with E-state index in [1.807, 2.05) is 43.3 Å². The van der Waals surface area contributed by atoms with Crippen molar-refractivity contribution in [1.82, 2.24) is 4.98 Å². The first kappa shape index (κ1) is 15.8. The summed E-state index contributed by atoms with van der Waals surface area (Å²) in [5, 5.41) is 0. The van der Waals surface area contributed by atoms with Gasteiger partial charge in [-0.3, -0.25) is 0 Å². The predicted octanol–water partition coefficient (Wildman–Crippen LogP) is 5.89. The predicted molar refractivity (Wildman–Crippen MR) is 98.7 cm³/mol. The molecule has 3 heteroatoms. The molecule has 0 radical (unpaired) electrons. The van der Waals surface area contributed by atoms with Crippen molar-refractivity contribution >= 4 is 15.9 Å². The Hall–Kier alpha value is -2.13. The van der Waals surface area contributed by atoms with Gasteiger partial charge in [0.2, 0.25) is 0 Å². The second-order valence-corrected chi connectivity index (χ2v) is 6.24. The van der Waals surface area contributed by atoms with Crippen LogP contribution in [0.2, 0.25) is 0 Å². The van der Waals surface area contributed by atoms with Crippen LogP contribution in [0.4, 0.5) is 0 Å². The molecule has 2 nitrogen and oxygen atoms in total. The monoisotopic (exact) mass is 367 g/mol. The Kier molecular flexibility index (Phi) is 4.77. The average Bonchev–Trinajstić information content (AvgIpc) is 2.56. The lowest BCUT2D eigenvalue weighted by atomic mass is 10.0. The topological polar surface area (TPSA) is 22.1 Å². The van der Waals surface area contributed by atoms with E-state index in [2.05, 4.69) is 47.1 Å². The molecule has 23 heavy (non-hydrogen) atoms. The van der Waals surface area contributed by atoms with Gasteiger partial charge >= 0.3 is 0 Å². The quantitative estimate of drug-likeness (QED) is 0.573. The fourth-order valence-electron chi connectivity index (χ4n) is 2.52. The number of benzene rings is 2. The summed E-state index contributed by atoms with van der Waals surface area (Å²) in [6, 6.07) is 20.5. The molecule has 1 aromatic heterocycles. The van der Waals surface area contributed by atoms with E-state index in [0.29, 0.717) is 6.61 Å². The van der Waals surface area contributed by atoms with Crippen LogP contribution in [0.25, 0.3) is 22.5 Å². The molecule has 0 aliphatic rings. The molecule has 0 aliphatic carbocycles. The highest BCUT2D eigenvalue weighted by atomic mass is 79.9. The van der Waals surface area contributed by atoms with Crippen LogP contribution in [0.3, 0.4) is 0 Å². The van der Waals surface area contributed by atoms with Crippen LogP contribution < -0.4 is 4.74 Å². The van der Waals surface area contributed by atoms with Gasteiger partial charge in [0.05, 0.1) is 18.0 Å². The van der Waals surface area contributed by atoms with Crippen molar-refractivity contribution in [2.24, 2.45) is 0 Å². The van der Waals surface area contributed by atoms with Crippen LogP contribution in [0.5, 0.6) is 5.75 Å². The van der Waals surface area contributed by atoms with E-state index in [1.165, 1.54) is 5.56 Å². The number of hydrogen-bond acceptors (Lipinski definition) is 2. The van der Waals surface area contributed by atoms with E-state index >= 15 is 0 Å². The Morgan fingerprint density at radius 2 is 1.65 bits per heavy atom. The van der Waals surface area contributed by atoms with Crippen LogP contribution in [0.1, 0.15) is 12.5 Å². The van der Waals surface area contributed by atoms with Crippen LogP contribution in [-0.4, -0.2) is 11.6 Å². The molecule has 0 unspecified atom stereocenters. The van der Waals surface area contributed by atoms with Crippen LogP contribution in [-0.2, 0) is 0 Å². The van der Waals surface area contributed by atoms with Gasteiger partial charge in [-0.15, -0.1) is 0 Å². The average molecular weight is 368 g/mol. The van der Waals surface area contributed by atoms with Gasteiger partial charge in [-0.2, -0.15) is 0 Å². The fourth-order valence-corrected chi connectivity index (χ4v) is 2.79. The van der Waals surface area contributed by atoms with Crippen molar-refractivity contribution in [1.29, 1.82) is 0 Å². The molecule has 1 heterocycles. The maximum absolute atomic E-state index is 5.74. The Labute approximate surface area is 145 Å². The normalized spacial score (nSPS) is 10.6. The van der Waals surface area contributed by atoms with E-state index < -0.39 is 0 Å². The van der Waals surface area contributed by atoms with E-state index in [9.17, 15) is 0 Å². The maximum atomic E-state index is 5.74. The van der Waals surface area contributed by atoms with Crippen molar-refractivity contribution in [3.05, 3.63) is 70.7 Å². The zero-order valence-electron chi connectivity index (χ0n) is 13.2. The van der Waals surface area contributed by atoms with Crippen molar-refractivity contribution in [2.45, 2.75) is 13.8 Å². The number of aromatic nitrogens is 1. The molecule has 3 rings (SSSR count). The number of nitrogens with zero attached hydrogens (tertiary/aromatic N) is 1. The number of pyridine rings is 1. The SMILES string of the molecule is CCOc1cc(-c2ccc(Br)cc2)nc(-c2ccccc2C)c1. The second-order valence-electron chi connectivity index (χ2n) is 5.33. The smallest absolute Gasteiger partial charge is 0.123 e. The molecule has 0 aliphatic heterocycles. The molecule has 0 spiro atoms. The summed E-state index contributed by atoms with van der Waals surface area (Å²) in [4.78, 5) is 4.85. The van der Waals surface area contributed by atoms with Gasteiger partial charge in [-0.05, 0) is 31.5 Å². The van der Waals surface area contributed by atoms with Gasteiger partial charge in [-0.25, -0.2) is 4.98 Å².